The lowest BCUT2D eigenvalue weighted by molar-refractivity contribution is 0.0691. The van der Waals surface area contributed by atoms with Gasteiger partial charge in [0.1, 0.15) is 11.5 Å². The van der Waals surface area contributed by atoms with E-state index in [4.69, 9.17) is 21.1 Å². The van der Waals surface area contributed by atoms with Crippen molar-refractivity contribution in [3.63, 3.8) is 0 Å². The summed E-state index contributed by atoms with van der Waals surface area (Å²) < 4.78 is 11.8. The second kappa shape index (κ2) is 9.13. The van der Waals surface area contributed by atoms with Gasteiger partial charge >= 0.3 is 5.97 Å². The molecule has 0 saturated carbocycles. The second-order valence-corrected chi connectivity index (χ2v) is 8.53. The molecule has 0 saturated heterocycles. The van der Waals surface area contributed by atoms with Crippen molar-refractivity contribution in [3.8, 4) is 11.5 Å². The van der Waals surface area contributed by atoms with E-state index in [0.717, 1.165) is 0 Å². The number of methoxy groups -OCH3 is 2. The number of carbonyl (C=O) groups excluding carboxylic acids is 1. The average Bonchev–Trinajstić information content (AvgIpc) is 2.63. The van der Waals surface area contributed by atoms with Gasteiger partial charge in [-0.05, 0) is 63.7 Å². The SMILES string of the molecule is COc1cc(NC(=O)c2c(Br)c(Br)c(Br)c(Br)c2C(=O)O)c(OC)cc1Cl. The quantitative estimate of drug-likeness (QED) is 0.291. The van der Waals surface area contributed by atoms with Gasteiger partial charge in [-0.25, -0.2) is 4.79 Å². The molecule has 2 aromatic carbocycles. The average molecular weight is 651 g/mol. The summed E-state index contributed by atoms with van der Waals surface area (Å²) in [5.74, 6) is -1.33. The highest BCUT2D eigenvalue weighted by Gasteiger charge is 2.28. The molecule has 0 aliphatic rings. The number of amides is 1. The van der Waals surface area contributed by atoms with E-state index in [1.54, 1.807) is 0 Å². The van der Waals surface area contributed by atoms with Crippen molar-refractivity contribution < 1.29 is 24.2 Å². The fourth-order valence-electron chi connectivity index (χ4n) is 2.19. The summed E-state index contributed by atoms with van der Waals surface area (Å²) >= 11 is 19.1. The van der Waals surface area contributed by atoms with Crippen LogP contribution in [0.5, 0.6) is 11.5 Å². The highest BCUT2D eigenvalue weighted by molar-refractivity contribution is 9.15. The first kappa shape index (κ1) is 22.5. The van der Waals surface area contributed by atoms with E-state index in [1.165, 1.54) is 26.4 Å². The van der Waals surface area contributed by atoms with Crippen LogP contribution in [0.4, 0.5) is 5.69 Å². The molecule has 2 rings (SSSR count). The van der Waals surface area contributed by atoms with Crippen molar-refractivity contribution >= 4 is 92.9 Å². The zero-order chi connectivity index (χ0) is 20.5. The number of halogens is 5. The highest BCUT2D eigenvalue weighted by Crippen LogP contribution is 2.43. The molecular weight excluding hydrogens is 641 g/mol. The Balaban J connectivity index is 2.62. The van der Waals surface area contributed by atoms with Gasteiger partial charge in [-0.3, -0.25) is 4.79 Å². The number of carbonyl (C=O) groups is 2. The lowest BCUT2D eigenvalue weighted by atomic mass is 10.1. The molecule has 0 unspecified atom stereocenters. The molecule has 0 radical (unpaired) electrons. The topological polar surface area (TPSA) is 84.9 Å². The molecule has 2 aromatic rings. The van der Waals surface area contributed by atoms with Crippen LogP contribution in [0.1, 0.15) is 20.7 Å². The van der Waals surface area contributed by atoms with E-state index in [9.17, 15) is 14.7 Å². The number of carboxylic acids is 1. The van der Waals surface area contributed by atoms with Crippen LogP contribution in [-0.4, -0.2) is 31.2 Å². The van der Waals surface area contributed by atoms with Crippen LogP contribution in [0.25, 0.3) is 0 Å². The first-order chi connectivity index (χ1) is 12.6. The third-order valence-corrected chi connectivity index (χ3v) is 8.49. The summed E-state index contributed by atoms with van der Waals surface area (Å²) in [6.45, 7) is 0. The number of carboxylic acid groups (broad SMARTS) is 1. The van der Waals surface area contributed by atoms with E-state index in [1.807, 2.05) is 0 Å². The fourth-order valence-corrected chi connectivity index (χ4v) is 4.89. The first-order valence-corrected chi connectivity index (χ1v) is 10.5. The molecule has 0 aliphatic carbocycles. The molecule has 0 spiro atoms. The van der Waals surface area contributed by atoms with Gasteiger partial charge in [-0.15, -0.1) is 0 Å². The third-order valence-electron chi connectivity index (χ3n) is 3.43. The van der Waals surface area contributed by atoms with Gasteiger partial charge in [-0.2, -0.15) is 0 Å². The number of rotatable bonds is 5. The van der Waals surface area contributed by atoms with E-state index >= 15 is 0 Å². The number of hydrogen-bond donors (Lipinski definition) is 2. The summed E-state index contributed by atoms with van der Waals surface area (Å²) in [4.78, 5) is 24.7. The van der Waals surface area contributed by atoms with E-state index in [2.05, 4.69) is 69.0 Å². The smallest absolute Gasteiger partial charge is 0.337 e. The summed E-state index contributed by atoms with van der Waals surface area (Å²) in [6.07, 6.45) is 0. The Morgan fingerprint density at radius 3 is 1.93 bits per heavy atom. The molecule has 2 N–H and O–H groups in total. The predicted octanol–water partition coefficient (Wildman–Crippen LogP) is 6.36. The largest absolute Gasteiger partial charge is 0.495 e. The number of nitrogens with one attached hydrogen (secondary N) is 1. The number of anilines is 1. The van der Waals surface area contributed by atoms with Gasteiger partial charge in [-0.1, -0.05) is 11.6 Å². The molecular formula is C16H10Br4ClNO5. The fraction of sp³-hybridized carbons (Fsp3) is 0.125. The second-order valence-electron chi connectivity index (χ2n) is 4.95. The van der Waals surface area contributed by atoms with Crippen molar-refractivity contribution in [2.24, 2.45) is 0 Å². The van der Waals surface area contributed by atoms with E-state index in [0.29, 0.717) is 19.7 Å². The lowest BCUT2D eigenvalue weighted by Gasteiger charge is -2.17. The van der Waals surface area contributed by atoms with Crippen LogP contribution in [0, 0.1) is 0 Å². The molecule has 0 aliphatic heterocycles. The standard InChI is InChI=1S/C16H10Br4ClNO5/c1-26-7-4-6(8(27-2)3-5(7)21)22-15(23)9-10(16(24)25)12(18)14(20)13(19)11(9)17/h3-4H,1-2H3,(H,22,23)(H,24,25). The Hall–Kier alpha value is -0.810. The minimum Gasteiger partial charge on any atom is -0.495 e. The highest BCUT2D eigenvalue weighted by atomic mass is 79.9. The van der Waals surface area contributed by atoms with Crippen LogP contribution in [0.2, 0.25) is 5.02 Å². The molecule has 0 bridgehead atoms. The molecule has 0 aromatic heterocycles. The Morgan fingerprint density at radius 1 is 0.926 bits per heavy atom. The zero-order valence-corrected chi connectivity index (χ0v) is 20.7. The number of hydrogen-bond acceptors (Lipinski definition) is 4. The minimum atomic E-state index is -1.28. The molecule has 0 fully saturated rings. The minimum absolute atomic E-state index is 0.0829. The third kappa shape index (κ3) is 4.45. The summed E-state index contributed by atoms with van der Waals surface area (Å²) in [7, 11) is 2.85. The maximum absolute atomic E-state index is 12.9. The van der Waals surface area contributed by atoms with Crippen molar-refractivity contribution in [1.82, 2.24) is 0 Å². The molecule has 1 amide bonds. The summed E-state index contributed by atoms with van der Waals surface area (Å²) in [5, 5.41) is 12.5. The van der Waals surface area contributed by atoms with Gasteiger partial charge < -0.3 is 19.9 Å². The number of aromatic carboxylic acids is 1. The van der Waals surface area contributed by atoms with Gasteiger partial charge in [0, 0.05) is 30.0 Å². The van der Waals surface area contributed by atoms with Crippen LogP contribution < -0.4 is 14.8 Å². The number of benzene rings is 2. The van der Waals surface area contributed by atoms with E-state index in [-0.39, 0.29) is 31.5 Å². The Bertz CT molecular complexity index is 951. The molecule has 27 heavy (non-hydrogen) atoms. The summed E-state index contributed by atoms with van der Waals surface area (Å²) in [5.41, 5.74) is -0.0306. The molecule has 6 nitrogen and oxygen atoms in total. The van der Waals surface area contributed by atoms with Crippen molar-refractivity contribution in [2.75, 3.05) is 19.5 Å². The zero-order valence-electron chi connectivity index (χ0n) is 13.6. The summed E-state index contributed by atoms with van der Waals surface area (Å²) in [6, 6.07) is 2.97. The molecule has 11 heteroatoms. The van der Waals surface area contributed by atoms with Gasteiger partial charge in [0.25, 0.3) is 5.91 Å². The lowest BCUT2D eigenvalue weighted by Crippen LogP contribution is -2.19. The van der Waals surface area contributed by atoms with Crippen LogP contribution >= 0.6 is 75.3 Å². The van der Waals surface area contributed by atoms with Crippen LogP contribution in [0.15, 0.2) is 30.0 Å². The van der Waals surface area contributed by atoms with Gasteiger partial charge in [0.15, 0.2) is 0 Å². The monoisotopic (exact) mass is 647 g/mol. The Kier molecular flexibility index (Phi) is 7.60. The molecule has 0 atom stereocenters. The molecule has 0 heterocycles. The van der Waals surface area contributed by atoms with E-state index < -0.39 is 11.9 Å². The normalized spacial score (nSPS) is 10.5. The Morgan fingerprint density at radius 2 is 1.44 bits per heavy atom. The molecule has 144 valence electrons. The van der Waals surface area contributed by atoms with Crippen LogP contribution in [0.3, 0.4) is 0 Å². The van der Waals surface area contributed by atoms with Crippen LogP contribution in [-0.2, 0) is 0 Å². The maximum Gasteiger partial charge on any atom is 0.337 e. The number of ether oxygens (including phenoxy) is 2. The first-order valence-electron chi connectivity index (χ1n) is 6.96. The van der Waals surface area contributed by atoms with Gasteiger partial charge in [0.05, 0.1) is 36.1 Å². The van der Waals surface area contributed by atoms with Gasteiger partial charge in [0.2, 0.25) is 0 Å². The Labute approximate surface area is 193 Å². The predicted molar refractivity (Wildman–Crippen MR) is 117 cm³/mol. The van der Waals surface area contributed by atoms with Crippen molar-refractivity contribution in [1.29, 1.82) is 0 Å². The van der Waals surface area contributed by atoms with Crippen molar-refractivity contribution in [3.05, 3.63) is 46.2 Å². The maximum atomic E-state index is 12.9. The van der Waals surface area contributed by atoms with Crippen molar-refractivity contribution in [2.45, 2.75) is 0 Å².